The molecule has 2 nitrogen and oxygen atoms in total. The van der Waals surface area contributed by atoms with Crippen molar-refractivity contribution in [3.63, 3.8) is 0 Å². The summed E-state index contributed by atoms with van der Waals surface area (Å²) in [6, 6.07) is 0. The third kappa shape index (κ3) is 4.50. The van der Waals surface area contributed by atoms with Crippen LogP contribution in [0.2, 0.25) is 0 Å². The van der Waals surface area contributed by atoms with Gasteiger partial charge in [0.1, 0.15) is 6.29 Å². The Balaban J connectivity index is 3.51. The van der Waals surface area contributed by atoms with E-state index in [1.54, 1.807) is 7.11 Å². The van der Waals surface area contributed by atoms with Crippen LogP contribution in [0.4, 0.5) is 0 Å². The van der Waals surface area contributed by atoms with Gasteiger partial charge in [0.05, 0.1) is 6.61 Å². The second kappa shape index (κ2) is 4.45. The summed E-state index contributed by atoms with van der Waals surface area (Å²) in [6.45, 7) is 4.92. The lowest BCUT2D eigenvalue weighted by Crippen LogP contribution is -2.18. The zero-order valence-electron chi connectivity index (χ0n) is 7.02. The number of methoxy groups -OCH3 is 1. The largest absolute Gasteiger partial charge is 0.384 e. The highest BCUT2D eigenvalue weighted by Gasteiger charge is 2.16. The Hall–Kier alpha value is -0.370. The first kappa shape index (κ1) is 9.63. The molecule has 0 saturated carbocycles. The molecule has 0 radical (unpaired) electrons. The van der Waals surface area contributed by atoms with Crippen LogP contribution in [0.1, 0.15) is 26.7 Å². The Morgan fingerprint density at radius 3 is 2.50 bits per heavy atom. The van der Waals surface area contributed by atoms with Gasteiger partial charge in [0.15, 0.2) is 0 Å². The van der Waals surface area contributed by atoms with Crippen LogP contribution in [0.5, 0.6) is 0 Å². The highest BCUT2D eigenvalue weighted by atomic mass is 16.5. The molecule has 0 heterocycles. The molecular weight excluding hydrogens is 128 g/mol. The van der Waals surface area contributed by atoms with Gasteiger partial charge in [-0.3, -0.25) is 0 Å². The zero-order chi connectivity index (χ0) is 8.04. The molecule has 0 amide bonds. The molecule has 0 aliphatic heterocycles. The van der Waals surface area contributed by atoms with Gasteiger partial charge in [-0.05, 0) is 11.8 Å². The number of ether oxygens (including phenoxy) is 1. The van der Waals surface area contributed by atoms with E-state index in [-0.39, 0.29) is 5.41 Å². The molecule has 0 spiro atoms. The number of hydrogen-bond donors (Lipinski definition) is 0. The molecule has 0 saturated heterocycles. The van der Waals surface area contributed by atoms with Crippen molar-refractivity contribution in [3.05, 3.63) is 0 Å². The minimum absolute atomic E-state index is 0.148. The van der Waals surface area contributed by atoms with E-state index in [0.717, 1.165) is 19.3 Å². The van der Waals surface area contributed by atoms with Gasteiger partial charge in [-0.15, -0.1) is 0 Å². The quantitative estimate of drug-likeness (QED) is 0.548. The smallest absolute Gasteiger partial charge is 0.120 e. The fourth-order valence-corrected chi connectivity index (χ4v) is 0.913. The van der Waals surface area contributed by atoms with Crippen molar-refractivity contribution in [3.8, 4) is 0 Å². The topological polar surface area (TPSA) is 26.3 Å². The highest BCUT2D eigenvalue weighted by Crippen LogP contribution is 2.21. The molecule has 0 aliphatic rings. The molecule has 0 aliphatic carbocycles. The van der Waals surface area contributed by atoms with Crippen molar-refractivity contribution >= 4 is 6.29 Å². The minimum atomic E-state index is 0.148. The van der Waals surface area contributed by atoms with E-state index in [1.165, 1.54) is 0 Å². The maximum Gasteiger partial charge on any atom is 0.120 e. The highest BCUT2D eigenvalue weighted by molar-refractivity contribution is 5.49. The van der Waals surface area contributed by atoms with Crippen LogP contribution >= 0.6 is 0 Å². The molecule has 10 heavy (non-hydrogen) atoms. The number of hydrogen-bond acceptors (Lipinski definition) is 2. The van der Waals surface area contributed by atoms with Crippen LogP contribution in [0.15, 0.2) is 0 Å². The predicted molar refractivity (Wildman–Crippen MR) is 41.0 cm³/mol. The molecule has 0 fully saturated rings. The first-order valence-electron chi connectivity index (χ1n) is 3.55. The second-order valence-corrected chi connectivity index (χ2v) is 3.30. The van der Waals surface area contributed by atoms with Crippen molar-refractivity contribution < 1.29 is 9.53 Å². The zero-order valence-corrected chi connectivity index (χ0v) is 7.02. The monoisotopic (exact) mass is 144 g/mol. The van der Waals surface area contributed by atoms with Crippen LogP contribution in [-0.2, 0) is 9.53 Å². The summed E-state index contributed by atoms with van der Waals surface area (Å²) in [5, 5.41) is 0. The summed E-state index contributed by atoms with van der Waals surface area (Å²) in [4.78, 5) is 10.0. The van der Waals surface area contributed by atoms with Gasteiger partial charge in [0, 0.05) is 13.5 Å². The standard InChI is InChI=1S/C8H16O2/c1-8(2,7-10-3)5-4-6-9/h6H,4-5,7H2,1-3H3. The number of carbonyl (C=O) groups is 1. The van der Waals surface area contributed by atoms with Gasteiger partial charge < -0.3 is 9.53 Å². The van der Waals surface area contributed by atoms with Crippen molar-refractivity contribution in [1.82, 2.24) is 0 Å². The minimum Gasteiger partial charge on any atom is -0.384 e. The van der Waals surface area contributed by atoms with Crippen LogP contribution in [0.25, 0.3) is 0 Å². The summed E-state index contributed by atoms with van der Waals surface area (Å²) >= 11 is 0. The SMILES string of the molecule is COCC(C)(C)CCC=O. The lowest BCUT2D eigenvalue weighted by molar-refractivity contribution is -0.108. The maximum absolute atomic E-state index is 10.0. The molecule has 0 N–H and O–H groups in total. The van der Waals surface area contributed by atoms with E-state index in [9.17, 15) is 4.79 Å². The van der Waals surface area contributed by atoms with E-state index in [2.05, 4.69) is 13.8 Å². The van der Waals surface area contributed by atoms with Crippen LogP contribution in [-0.4, -0.2) is 20.0 Å². The molecule has 60 valence electrons. The van der Waals surface area contributed by atoms with Crippen LogP contribution in [0, 0.1) is 5.41 Å². The number of rotatable bonds is 5. The summed E-state index contributed by atoms with van der Waals surface area (Å²) in [7, 11) is 1.68. The van der Waals surface area contributed by atoms with E-state index in [0.29, 0.717) is 6.42 Å². The normalized spacial score (nSPS) is 11.5. The average molecular weight is 144 g/mol. The molecule has 0 aromatic carbocycles. The van der Waals surface area contributed by atoms with E-state index in [4.69, 9.17) is 4.74 Å². The van der Waals surface area contributed by atoms with Gasteiger partial charge in [0.2, 0.25) is 0 Å². The van der Waals surface area contributed by atoms with E-state index in [1.807, 2.05) is 0 Å². The molecule has 2 heteroatoms. The molecule has 0 rings (SSSR count). The van der Waals surface area contributed by atoms with Crippen LogP contribution in [0.3, 0.4) is 0 Å². The summed E-state index contributed by atoms with van der Waals surface area (Å²) < 4.78 is 4.99. The van der Waals surface area contributed by atoms with Crippen molar-refractivity contribution in [1.29, 1.82) is 0 Å². The van der Waals surface area contributed by atoms with Gasteiger partial charge >= 0.3 is 0 Å². The second-order valence-electron chi connectivity index (χ2n) is 3.30. The van der Waals surface area contributed by atoms with E-state index < -0.39 is 0 Å². The first-order valence-corrected chi connectivity index (χ1v) is 3.55. The van der Waals surface area contributed by atoms with Gasteiger partial charge in [-0.25, -0.2) is 0 Å². The molecule has 0 aromatic rings. The van der Waals surface area contributed by atoms with Crippen molar-refractivity contribution in [2.75, 3.05) is 13.7 Å². The summed E-state index contributed by atoms with van der Waals surface area (Å²) in [5.74, 6) is 0. The third-order valence-electron chi connectivity index (χ3n) is 1.47. The molecule has 0 bridgehead atoms. The fraction of sp³-hybridized carbons (Fsp3) is 0.875. The first-order chi connectivity index (χ1) is 4.62. The Morgan fingerprint density at radius 2 is 2.10 bits per heavy atom. The number of aldehydes is 1. The van der Waals surface area contributed by atoms with Crippen LogP contribution < -0.4 is 0 Å². The fourth-order valence-electron chi connectivity index (χ4n) is 0.913. The summed E-state index contributed by atoms with van der Waals surface area (Å²) in [5.41, 5.74) is 0.148. The Labute approximate surface area is 62.6 Å². The maximum atomic E-state index is 10.0. The van der Waals surface area contributed by atoms with E-state index >= 15 is 0 Å². The Morgan fingerprint density at radius 1 is 1.50 bits per heavy atom. The molecule has 0 aromatic heterocycles. The third-order valence-corrected chi connectivity index (χ3v) is 1.47. The Bertz CT molecular complexity index is 97.4. The molecular formula is C8H16O2. The van der Waals surface area contributed by atoms with Crippen molar-refractivity contribution in [2.24, 2.45) is 5.41 Å². The molecule has 0 unspecified atom stereocenters. The van der Waals surface area contributed by atoms with Gasteiger partial charge in [-0.2, -0.15) is 0 Å². The molecule has 0 atom stereocenters. The summed E-state index contributed by atoms with van der Waals surface area (Å²) in [6.07, 6.45) is 2.50. The van der Waals surface area contributed by atoms with Crippen molar-refractivity contribution in [2.45, 2.75) is 26.7 Å². The predicted octanol–water partition coefficient (Wildman–Crippen LogP) is 1.64. The lowest BCUT2D eigenvalue weighted by atomic mass is 9.89. The lowest BCUT2D eigenvalue weighted by Gasteiger charge is -2.21. The van der Waals surface area contributed by atoms with Gasteiger partial charge in [0.25, 0.3) is 0 Å². The number of carbonyl (C=O) groups excluding carboxylic acids is 1. The Kier molecular flexibility index (Phi) is 4.28. The average Bonchev–Trinajstić information content (AvgIpc) is 1.84. The van der Waals surface area contributed by atoms with Gasteiger partial charge in [-0.1, -0.05) is 13.8 Å².